The molecule has 1 aliphatic carbocycles. The van der Waals surface area contributed by atoms with Gasteiger partial charge in [0.25, 0.3) is 0 Å². The Balaban J connectivity index is 1.62. The van der Waals surface area contributed by atoms with Gasteiger partial charge in [0.2, 0.25) is 5.16 Å². The maximum absolute atomic E-state index is 11.9. The van der Waals surface area contributed by atoms with E-state index in [-0.39, 0.29) is 11.7 Å². The third-order valence-electron chi connectivity index (χ3n) is 3.25. The normalized spacial score (nSPS) is 14.0. The van der Waals surface area contributed by atoms with Crippen molar-refractivity contribution in [2.24, 2.45) is 5.92 Å². The highest BCUT2D eigenvalue weighted by molar-refractivity contribution is 7.99. The molecule has 106 valence electrons. The van der Waals surface area contributed by atoms with Crippen LogP contribution in [-0.2, 0) is 4.79 Å². The number of allylic oxidation sites excluding steroid dienone is 4. The van der Waals surface area contributed by atoms with Gasteiger partial charge in [-0.15, -0.1) is 5.10 Å². The Bertz CT molecular complexity index is 689. The molecule has 1 N–H and O–H groups in total. The summed E-state index contributed by atoms with van der Waals surface area (Å²) in [6.45, 7) is 2.04. The average Bonchev–Trinajstić information content (AvgIpc) is 3.17. The van der Waals surface area contributed by atoms with Gasteiger partial charge in [-0.25, -0.2) is 4.98 Å². The molecule has 1 aromatic carbocycles. The van der Waals surface area contributed by atoms with Gasteiger partial charge < -0.3 is 0 Å². The Morgan fingerprint density at radius 2 is 1.95 bits per heavy atom. The van der Waals surface area contributed by atoms with Gasteiger partial charge in [-0.3, -0.25) is 9.89 Å². The second-order valence-electron chi connectivity index (χ2n) is 4.88. The van der Waals surface area contributed by atoms with Crippen molar-refractivity contribution in [2.75, 3.05) is 5.75 Å². The maximum Gasteiger partial charge on any atom is 0.209 e. The van der Waals surface area contributed by atoms with Crippen LogP contribution in [0, 0.1) is 12.8 Å². The van der Waals surface area contributed by atoms with Crippen LogP contribution in [0.3, 0.4) is 0 Å². The van der Waals surface area contributed by atoms with Crippen molar-refractivity contribution in [3.8, 4) is 11.4 Å². The molecule has 0 bridgehead atoms. The predicted molar refractivity (Wildman–Crippen MR) is 84.1 cm³/mol. The minimum Gasteiger partial charge on any atom is -0.298 e. The number of nitrogens with one attached hydrogen (secondary N) is 1. The van der Waals surface area contributed by atoms with Gasteiger partial charge >= 0.3 is 0 Å². The van der Waals surface area contributed by atoms with Crippen molar-refractivity contribution in [3.63, 3.8) is 0 Å². The SMILES string of the molecule is Cc1ccc(-c2nc(SCC(=O)C3C=CC=C3)n[nH]2)cc1. The van der Waals surface area contributed by atoms with Crippen LogP contribution in [0.4, 0.5) is 0 Å². The lowest BCUT2D eigenvalue weighted by atomic mass is 10.1. The van der Waals surface area contributed by atoms with Crippen molar-refractivity contribution < 1.29 is 4.79 Å². The Hall–Kier alpha value is -2.14. The summed E-state index contributed by atoms with van der Waals surface area (Å²) >= 11 is 1.36. The number of hydrogen-bond donors (Lipinski definition) is 1. The number of carbonyl (C=O) groups excluding carboxylic acids is 1. The van der Waals surface area contributed by atoms with E-state index in [1.165, 1.54) is 17.3 Å². The van der Waals surface area contributed by atoms with E-state index in [1.54, 1.807) is 0 Å². The molecular weight excluding hydrogens is 282 g/mol. The van der Waals surface area contributed by atoms with Gasteiger partial charge in [0.05, 0.1) is 11.7 Å². The number of carbonyl (C=O) groups is 1. The second-order valence-corrected chi connectivity index (χ2v) is 5.83. The Labute approximate surface area is 127 Å². The van der Waals surface area contributed by atoms with E-state index in [4.69, 9.17) is 0 Å². The lowest BCUT2D eigenvalue weighted by Gasteiger charge is -2.01. The number of H-pyrrole nitrogens is 1. The number of aryl methyl sites for hydroxylation is 1. The number of aromatic amines is 1. The van der Waals surface area contributed by atoms with E-state index in [0.717, 1.165) is 11.4 Å². The first-order valence-corrected chi connectivity index (χ1v) is 7.71. The van der Waals surface area contributed by atoms with Crippen LogP contribution >= 0.6 is 11.8 Å². The summed E-state index contributed by atoms with van der Waals surface area (Å²) in [6, 6.07) is 8.08. The second kappa shape index (κ2) is 6.10. The largest absolute Gasteiger partial charge is 0.298 e. The highest BCUT2D eigenvalue weighted by atomic mass is 32.2. The van der Waals surface area contributed by atoms with E-state index >= 15 is 0 Å². The van der Waals surface area contributed by atoms with E-state index in [0.29, 0.717) is 10.9 Å². The van der Waals surface area contributed by atoms with Crippen LogP contribution in [0.1, 0.15) is 5.56 Å². The van der Waals surface area contributed by atoms with Crippen LogP contribution in [0.25, 0.3) is 11.4 Å². The summed E-state index contributed by atoms with van der Waals surface area (Å²) in [5.74, 6) is 1.19. The molecule has 5 heteroatoms. The van der Waals surface area contributed by atoms with Crippen molar-refractivity contribution in [1.82, 2.24) is 15.2 Å². The standard InChI is InChI=1S/C16H15N3OS/c1-11-6-8-13(9-7-11)15-17-16(19-18-15)21-10-14(20)12-4-2-3-5-12/h2-9,12H,10H2,1H3,(H,17,18,19). The summed E-state index contributed by atoms with van der Waals surface area (Å²) < 4.78 is 0. The third kappa shape index (κ3) is 3.31. The number of aromatic nitrogens is 3. The zero-order valence-corrected chi connectivity index (χ0v) is 12.4. The van der Waals surface area contributed by atoms with Gasteiger partial charge in [0.15, 0.2) is 11.6 Å². The molecule has 3 rings (SSSR count). The van der Waals surface area contributed by atoms with Crippen LogP contribution < -0.4 is 0 Å². The lowest BCUT2D eigenvalue weighted by Crippen LogP contribution is -2.10. The summed E-state index contributed by atoms with van der Waals surface area (Å²) in [6.07, 6.45) is 7.60. The minimum absolute atomic E-state index is 0.0898. The molecule has 0 radical (unpaired) electrons. The first-order chi connectivity index (χ1) is 10.2. The molecule has 0 saturated heterocycles. The van der Waals surface area contributed by atoms with Gasteiger partial charge in [0.1, 0.15) is 0 Å². The first kappa shape index (κ1) is 13.8. The number of nitrogens with zero attached hydrogens (tertiary/aromatic N) is 2. The number of benzene rings is 1. The van der Waals surface area contributed by atoms with E-state index < -0.39 is 0 Å². The molecule has 0 amide bonds. The fourth-order valence-electron chi connectivity index (χ4n) is 2.03. The predicted octanol–water partition coefficient (Wildman–Crippen LogP) is 3.18. The van der Waals surface area contributed by atoms with Crippen LogP contribution in [0.5, 0.6) is 0 Å². The molecule has 0 saturated carbocycles. The zero-order valence-electron chi connectivity index (χ0n) is 11.6. The first-order valence-electron chi connectivity index (χ1n) is 6.72. The Kier molecular flexibility index (Phi) is 4.01. The molecule has 4 nitrogen and oxygen atoms in total. The minimum atomic E-state index is -0.0898. The van der Waals surface area contributed by atoms with E-state index in [9.17, 15) is 4.79 Å². The summed E-state index contributed by atoms with van der Waals surface area (Å²) in [7, 11) is 0. The Morgan fingerprint density at radius 3 is 2.67 bits per heavy atom. The monoisotopic (exact) mass is 297 g/mol. The topological polar surface area (TPSA) is 58.6 Å². The molecule has 0 atom stereocenters. The van der Waals surface area contributed by atoms with Gasteiger partial charge in [0, 0.05) is 5.56 Å². The van der Waals surface area contributed by atoms with Crippen LogP contribution in [0.2, 0.25) is 0 Å². The zero-order chi connectivity index (χ0) is 14.7. The maximum atomic E-state index is 11.9. The average molecular weight is 297 g/mol. The highest BCUT2D eigenvalue weighted by Gasteiger charge is 2.15. The van der Waals surface area contributed by atoms with Gasteiger partial charge in [-0.2, -0.15) is 0 Å². The smallest absolute Gasteiger partial charge is 0.209 e. The van der Waals surface area contributed by atoms with Gasteiger partial charge in [-0.05, 0) is 6.92 Å². The molecule has 0 aliphatic heterocycles. The number of Topliss-reactive ketones (excluding diaryl/α,β-unsaturated/α-hetero) is 1. The fourth-order valence-corrected chi connectivity index (χ4v) is 2.76. The molecule has 0 spiro atoms. The summed E-state index contributed by atoms with van der Waals surface area (Å²) in [5, 5.41) is 7.67. The van der Waals surface area contributed by atoms with E-state index in [2.05, 4.69) is 15.2 Å². The molecular formula is C16H15N3OS. The fraction of sp³-hybridized carbons (Fsp3) is 0.188. The van der Waals surface area contributed by atoms with Crippen LogP contribution in [-0.4, -0.2) is 26.7 Å². The lowest BCUT2D eigenvalue weighted by molar-refractivity contribution is -0.117. The Morgan fingerprint density at radius 1 is 1.24 bits per heavy atom. The molecule has 1 aliphatic rings. The molecule has 1 heterocycles. The molecule has 0 fully saturated rings. The number of ketones is 1. The third-order valence-corrected chi connectivity index (χ3v) is 4.12. The summed E-state index contributed by atoms with van der Waals surface area (Å²) in [5.41, 5.74) is 2.20. The number of hydrogen-bond acceptors (Lipinski definition) is 4. The van der Waals surface area contributed by atoms with Crippen molar-refractivity contribution in [3.05, 3.63) is 54.1 Å². The number of rotatable bonds is 5. The quantitative estimate of drug-likeness (QED) is 0.861. The van der Waals surface area contributed by atoms with Gasteiger partial charge in [-0.1, -0.05) is 65.9 Å². The van der Waals surface area contributed by atoms with E-state index in [1.807, 2.05) is 55.5 Å². The molecule has 21 heavy (non-hydrogen) atoms. The molecule has 1 aromatic heterocycles. The molecule has 0 unspecified atom stereocenters. The molecule has 2 aromatic rings. The van der Waals surface area contributed by atoms with Crippen molar-refractivity contribution >= 4 is 17.5 Å². The number of thioether (sulfide) groups is 1. The van der Waals surface area contributed by atoms with Crippen LogP contribution in [0.15, 0.2) is 53.7 Å². The summed E-state index contributed by atoms with van der Waals surface area (Å²) in [4.78, 5) is 16.4. The van der Waals surface area contributed by atoms with Crippen molar-refractivity contribution in [1.29, 1.82) is 0 Å². The van der Waals surface area contributed by atoms with Crippen molar-refractivity contribution in [2.45, 2.75) is 12.1 Å². The highest BCUT2D eigenvalue weighted by Crippen LogP contribution is 2.21.